The molecule has 0 saturated carbocycles. The number of hydrazone groups is 1. The van der Waals surface area contributed by atoms with Crippen LogP contribution in [0.1, 0.15) is 35.4 Å². The quantitative estimate of drug-likeness (QED) is 0.361. The first-order valence-corrected chi connectivity index (χ1v) is 10.9. The van der Waals surface area contributed by atoms with Gasteiger partial charge in [-0.25, -0.2) is 5.01 Å². The number of hydrogen-bond acceptors (Lipinski definition) is 3. The highest BCUT2D eigenvalue weighted by atomic mass is 79.9. The van der Waals surface area contributed by atoms with Crippen LogP contribution < -0.4 is 4.74 Å². The summed E-state index contributed by atoms with van der Waals surface area (Å²) >= 11 is 13.4. The lowest BCUT2D eigenvalue weighted by Crippen LogP contribution is -2.33. The second-order valence-corrected chi connectivity index (χ2v) is 9.05. The predicted octanol–water partition coefficient (Wildman–Crippen LogP) is 7.11. The van der Waals surface area contributed by atoms with Crippen LogP contribution in [0.2, 0.25) is 5.02 Å². The van der Waals surface area contributed by atoms with Crippen LogP contribution in [-0.4, -0.2) is 10.7 Å². The Morgan fingerprint density at radius 2 is 1.75 bits per heavy atom. The van der Waals surface area contributed by atoms with Gasteiger partial charge in [0.2, 0.25) is 6.23 Å². The third-order valence-corrected chi connectivity index (χ3v) is 6.37. The number of ether oxygens (including phenoxy) is 1. The molecule has 28 heavy (non-hydrogen) atoms. The first-order chi connectivity index (χ1) is 13.6. The van der Waals surface area contributed by atoms with Crippen molar-refractivity contribution in [3.05, 3.63) is 97.4 Å². The van der Waals surface area contributed by atoms with Crippen molar-refractivity contribution < 1.29 is 4.74 Å². The van der Waals surface area contributed by atoms with E-state index >= 15 is 0 Å². The number of rotatable bonds is 2. The molecule has 0 saturated heterocycles. The van der Waals surface area contributed by atoms with Crippen molar-refractivity contribution >= 4 is 49.2 Å². The van der Waals surface area contributed by atoms with E-state index in [-0.39, 0.29) is 12.3 Å². The van der Waals surface area contributed by atoms with Gasteiger partial charge in [0.1, 0.15) is 5.75 Å². The van der Waals surface area contributed by atoms with Crippen molar-refractivity contribution in [2.45, 2.75) is 18.7 Å². The predicted molar refractivity (Wildman–Crippen MR) is 119 cm³/mol. The monoisotopic (exact) mass is 516 g/mol. The van der Waals surface area contributed by atoms with Crippen LogP contribution in [0.25, 0.3) is 0 Å². The van der Waals surface area contributed by atoms with E-state index in [1.165, 1.54) is 0 Å². The Labute approximate surface area is 185 Å². The lowest BCUT2D eigenvalue weighted by molar-refractivity contribution is -0.0197. The van der Waals surface area contributed by atoms with Gasteiger partial charge in [-0.15, -0.1) is 0 Å². The van der Waals surface area contributed by atoms with E-state index in [1.54, 1.807) is 0 Å². The number of halogens is 3. The molecule has 5 rings (SSSR count). The van der Waals surface area contributed by atoms with E-state index in [4.69, 9.17) is 21.4 Å². The molecule has 2 aliphatic heterocycles. The van der Waals surface area contributed by atoms with Gasteiger partial charge in [-0.3, -0.25) is 0 Å². The summed E-state index contributed by atoms with van der Waals surface area (Å²) in [5.41, 5.74) is 4.36. The number of hydrogen-bond donors (Lipinski definition) is 0. The van der Waals surface area contributed by atoms with Crippen LogP contribution in [0.4, 0.5) is 0 Å². The first-order valence-electron chi connectivity index (χ1n) is 8.92. The Hall–Kier alpha value is -1.82. The molecule has 0 N–H and O–H groups in total. The largest absolute Gasteiger partial charge is 0.463 e. The van der Waals surface area contributed by atoms with Crippen molar-refractivity contribution in [1.82, 2.24) is 5.01 Å². The Morgan fingerprint density at radius 1 is 1.00 bits per heavy atom. The summed E-state index contributed by atoms with van der Waals surface area (Å²) in [6.45, 7) is 0. The van der Waals surface area contributed by atoms with Crippen LogP contribution in [-0.2, 0) is 0 Å². The zero-order chi connectivity index (χ0) is 19.3. The SMILES string of the molecule is Clc1ccc([C@H]2Oc3c(Br)cc(Br)cc3[C@@H]3CC(c4ccccc4)=NN23)cc1. The van der Waals surface area contributed by atoms with E-state index in [0.717, 1.165) is 43.5 Å². The van der Waals surface area contributed by atoms with Gasteiger partial charge in [0.05, 0.1) is 16.2 Å². The fourth-order valence-electron chi connectivity index (χ4n) is 3.77. The van der Waals surface area contributed by atoms with Crippen molar-refractivity contribution in [3.8, 4) is 5.75 Å². The maximum absolute atomic E-state index is 6.45. The molecule has 0 amide bonds. The Balaban J connectivity index is 1.63. The molecule has 3 nitrogen and oxygen atoms in total. The van der Waals surface area contributed by atoms with Crippen molar-refractivity contribution in [1.29, 1.82) is 0 Å². The van der Waals surface area contributed by atoms with Gasteiger partial charge >= 0.3 is 0 Å². The maximum Gasteiger partial charge on any atom is 0.213 e. The van der Waals surface area contributed by atoms with E-state index in [1.807, 2.05) is 48.5 Å². The van der Waals surface area contributed by atoms with E-state index in [2.05, 4.69) is 55.1 Å². The Kier molecular flexibility index (Phi) is 4.69. The van der Waals surface area contributed by atoms with Gasteiger partial charge in [0.25, 0.3) is 0 Å². The fourth-order valence-corrected chi connectivity index (χ4v) is 5.24. The average molecular weight is 519 g/mol. The van der Waals surface area contributed by atoms with Gasteiger partial charge < -0.3 is 4.74 Å². The number of fused-ring (bicyclic) bond motifs is 3. The third kappa shape index (κ3) is 3.15. The highest BCUT2D eigenvalue weighted by Crippen LogP contribution is 2.50. The second-order valence-electron chi connectivity index (χ2n) is 6.84. The standard InChI is InChI=1S/C22H15Br2ClN2O/c23-15-10-17-20-12-19(13-4-2-1-3-5-13)26-27(20)22(28-21(17)18(24)11-15)14-6-8-16(25)9-7-14/h1-11,20,22H,12H2/t20-,22+/m0/s1. The first kappa shape index (κ1) is 18.2. The molecule has 3 aromatic rings. The number of nitrogens with zero attached hydrogens (tertiary/aromatic N) is 2. The molecule has 140 valence electrons. The summed E-state index contributed by atoms with van der Waals surface area (Å²) in [7, 11) is 0. The van der Waals surface area contributed by atoms with Crippen LogP contribution >= 0.6 is 43.5 Å². The lowest BCUT2D eigenvalue weighted by atomic mass is 9.96. The summed E-state index contributed by atoms with van der Waals surface area (Å²) in [6, 6.07) is 22.3. The van der Waals surface area contributed by atoms with E-state index < -0.39 is 0 Å². The lowest BCUT2D eigenvalue weighted by Gasteiger charge is -2.38. The molecule has 0 aromatic heterocycles. The third-order valence-electron chi connectivity index (χ3n) is 5.07. The normalized spacial score (nSPS) is 20.2. The molecule has 2 heterocycles. The summed E-state index contributed by atoms with van der Waals surface area (Å²) < 4.78 is 8.40. The minimum Gasteiger partial charge on any atom is -0.463 e. The summed E-state index contributed by atoms with van der Waals surface area (Å²) in [4.78, 5) is 0. The van der Waals surface area contributed by atoms with Crippen LogP contribution in [0, 0.1) is 0 Å². The van der Waals surface area contributed by atoms with Crippen LogP contribution in [0.5, 0.6) is 5.75 Å². The second kappa shape index (κ2) is 7.21. The molecule has 0 unspecified atom stereocenters. The van der Waals surface area contributed by atoms with Crippen LogP contribution in [0.3, 0.4) is 0 Å². The summed E-state index contributed by atoms with van der Waals surface area (Å²) in [5.74, 6) is 0.869. The van der Waals surface area contributed by atoms with E-state index in [9.17, 15) is 0 Å². The van der Waals surface area contributed by atoms with Crippen molar-refractivity contribution in [2.24, 2.45) is 5.10 Å². The molecule has 0 radical (unpaired) electrons. The fraction of sp³-hybridized carbons (Fsp3) is 0.136. The minimum absolute atomic E-state index is 0.105. The highest BCUT2D eigenvalue weighted by molar-refractivity contribution is 9.11. The van der Waals surface area contributed by atoms with Crippen molar-refractivity contribution in [2.75, 3.05) is 0 Å². The smallest absolute Gasteiger partial charge is 0.213 e. The van der Waals surface area contributed by atoms with Gasteiger partial charge in [-0.2, -0.15) is 5.10 Å². The molecule has 0 aliphatic carbocycles. The molecular weight excluding hydrogens is 504 g/mol. The summed E-state index contributed by atoms with van der Waals surface area (Å²) in [6.07, 6.45) is 0.515. The zero-order valence-electron chi connectivity index (χ0n) is 14.6. The molecule has 2 aliphatic rings. The number of benzene rings is 3. The van der Waals surface area contributed by atoms with E-state index in [0.29, 0.717) is 5.02 Å². The molecule has 3 aromatic carbocycles. The molecule has 0 bridgehead atoms. The van der Waals surface area contributed by atoms with Gasteiger partial charge in [-0.05, 0) is 45.8 Å². The Morgan fingerprint density at radius 3 is 2.50 bits per heavy atom. The average Bonchev–Trinajstić information content (AvgIpc) is 3.15. The van der Waals surface area contributed by atoms with Gasteiger partial charge in [-0.1, -0.05) is 70.0 Å². The Bertz CT molecular complexity index is 1070. The molecule has 0 spiro atoms. The van der Waals surface area contributed by atoms with Gasteiger partial charge in [0.15, 0.2) is 0 Å². The topological polar surface area (TPSA) is 24.8 Å². The van der Waals surface area contributed by atoms with Crippen LogP contribution in [0.15, 0.2) is 80.8 Å². The minimum atomic E-state index is -0.312. The highest BCUT2D eigenvalue weighted by Gasteiger charge is 2.41. The molecule has 6 heteroatoms. The zero-order valence-corrected chi connectivity index (χ0v) is 18.6. The van der Waals surface area contributed by atoms with Crippen molar-refractivity contribution in [3.63, 3.8) is 0 Å². The molecule has 2 atom stereocenters. The van der Waals surface area contributed by atoms with Gasteiger partial charge in [0, 0.05) is 27.0 Å². The molecular formula is C22H15Br2ClN2O. The molecule has 0 fully saturated rings. The maximum atomic E-state index is 6.45. The summed E-state index contributed by atoms with van der Waals surface area (Å²) in [5, 5.41) is 7.76.